The zero-order valence-electron chi connectivity index (χ0n) is 16.8. The van der Waals surface area contributed by atoms with Crippen molar-refractivity contribution in [2.45, 2.75) is 24.4 Å². The van der Waals surface area contributed by atoms with Crippen LogP contribution < -0.4 is 15.0 Å². The quantitative estimate of drug-likeness (QED) is 0.753. The summed E-state index contributed by atoms with van der Waals surface area (Å²) in [7, 11) is 1.55. The molecule has 4 aliphatic rings. The fourth-order valence-electron chi connectivity index (χ4n) is 6.15. The molecule has 0 unspecified atom stereocenters. The van der Waals surface area contributed by atoms with Crippen LogP contribution in [0.15, 0.2) is 42.5 Å². The number of carbonyl (C=O) groups is 3. The predicted molar refractivity (Wildman–Crippen MR) is 109 cm³/mol. The molecule has 8 heteroatoms. The molecule has 0 saturated carbocycles. The normalized spacial score (nSPS) is 31.2. The molecule has 2 aromatic rings. The van der Waals surface area contributed by atoms with Gasteiger partial charge in [0.15, 0.2) is 0 Å². The van der Waals surface area contributed by atoms with Crippen LogP contribution in [0.25, 0.3) is 0 Å². The van der Waals surface area contributed by atoms with E-state index in [2.05, 4.69) is 10.2 Å². The molecular weight excluding hydrogens is 401 g/mol. The summed E-state index contributed by atoms with van der Waals surface area (Å²) in [6.45, 7) is 0.638. The minimum atomic E-state index is -1.25. The van der Waals surface area contributed by atoms with E-state index in [1.54, 1.807) is 25.3 Å². The molecule has 1 spiro atoms. The molecule has 4 aliphatic heterocycles. The highest BCUT2D eigenvalue weighted by Crippen LogP contribution is 2.61. The van der Waals surface area contributed by atoms with Crippen LogP contribution in [0.5, 0.6) is 5.75 Å². The molecule has 0 aromatic heterocycles. The molecule has 0 radical (unpaired) electrons. The molecule has 0 bridgehead atoms. The van der Waals surface area contributed by atoms with Crippen molar-refractivity contribution in [3.63, 3.8) is 0 Å². The van der Waals surface area contributed by atoms with Crippen LogP contribution >= 0.6 is 0 Å². The van der Waals surface area contributed by atoms with Crippen molar-refractivity contribution >= 4 is 29.1 Å². The van der Waals surface area contributed by atoms with Crippen LogP contribution in [0.2, 0.25) is 0 Å². The summed E-state index contributed by atoms with van der Waals surface area (Å²) in [4.78, 5) is 44.0. The van der Waals surface area contributed by atoms with Gasteiger partial charge in [-0.15, -0.1) is 0 Å². The molecule has 1 N–H and O–H groups in total. The van der Waals surface area contributed by atoms with E-state index in [-0.39, 0.29) is 17.9 Å². The van der Waals surface area contributed by atoms with Gasteiger partial charge in [-0.05, 0) is 61.9 Å². The third-order valence-electron chi connectivity index (χ3n) is 7.28. The Morgan fingerprint density at radius 2 is 1.87 bits per heavy atom. The van der Waals surface area contributed by atoms with Crippen molar-refractivity contribution in [2.24, 2.45) is 11.8 Å². The van der Waals surface area contributed by atoms with Gasteiger partial charge in [-0.3, -0.25) is 19.3 Å². The molecule has 3 amide bonds. The Hall–Kier alpha value is -3.26. The Kier molecular flexibility index (Phi) is 3.66. The van der Waals surface area contributed by atoms with E-state index < -0.39 is 29.1 Å². The smallest absolute Gasteiger partial charge is 0.250 e. The molecule has 2 aromatic carbocycles. The Balaban J connectivity index is 1.55. The number of rotatable bonds is 2. The van der Waals surface area contributed by atoms with Crippen molar-refractivity contribution in [3.05, 3.63) is 53.8 Å². The van der Waals surface area contributed by atoms with Gasteiger partial charge in [-0.25, -0.2) is 9.29 Å². The van der Waals surface area contributed by atoms with E-state index in [9.17, 15) is 18.8 Å². The molecule has 7 nitrogen and oxygen atoms in total. The second kappa shape index (κ2) is 6.13. The number of nitrogens with zero attached hydrogens (tertiary/aromatic N) is 2. The third-order valence-corrected chi connectivity index (χ3v) is 7.28. The van der Waals surface area contributed by atoms with E-state index in [4.69, 9.17) is 4.74 Å². The standard InChI is InChI=1S/C23H20FN3O4/c1-31-14-8-9-16-15(11-14)23(22(30)25-16)19-18(17-3-2-10-26(17)23)20(28)27(21(19)29)13-6-4-12(24)5-7-13/h4-9,11,17-19H,2-3,10H2,1H3,(H,25,30)/t17-,18-,19+,23+/m1/s1. The summed E-state index contributed by atoms with van der Waals surface area (Å²) in [6.07, 6.45) is 1.59. The van der Waals surface area contributed by atoms with E-state index >= 15 is 0 Å². The molecule has 6 rings (SSSR count). The zero-order chi connectivity index (χ0) is 21.5. The molecule has 0 aliphatic carbocycles. The van der Waals surface area contributed by atoms with Gasteiger partial charge < -0.3 is 10.1 Å². The topological polar surface area (TPSA) is 79.0 Å². The Bertz CT molecular complexity index is 1150. The number of imide groups is 1. The summed E-state index contributed by atoms with van der Waals surface area (Å²) in [5.74, 6) is -2.34. The number of methoxy groups -OCH3 is 1. The van der Waals surface area contributed by atoms with Gasteiger partial charge in [-0.1, -0.05) is 0 Å². The number of anilines is 2. The number of fused-ring (bicyclic) bond motifs is 7. The fraction of sp³-hybridized carbons (Fsp3) is 0.348. The number of hydrogen-bond donors (Lipinski definition) is 1. The zero-order valence-corrected chi connectivity index (χ0v) is 16.8. The van der Waals surface area contributed by atoms with Crippen molar-refractivity contribution in [3.8, 4) is 5.75 Å². The Labute approximate surface area is 177 Å². The highest BCUT2D eigenvalue weighted by atomic mass is 19.1. The van der Waals surface area contributed by atoms with E-state index in [1.165, 1.54) is 24.3 Å². The maximum absolute atomic E-state index is 13.8. The first-order valence-electron chi connectivity index (χ1n) is 10.4. The van der Waals surface area contributed by atoms with Crippen molar-refractivity contribution in [1.82, 2.24) is 4.90 Å². The van der Waals surface area contributed by atoms with Crippen molar-refractivity contribution < 1.29 is 23.5 Å². The number of amides is 3. The minimum Gasteiger partial charge on any atom is -0.497 e. The summed E-state index contributed by atoms with van der Waals surface area (Å²) >= 11 is 0. The average molecular weight is 421 g/mol. The number of benzene rings is 2. The monoisotopic (exact) mass is 421 g/mol. The van der Waals surface area contributed by atoms with Crippen LogP contribution in [0, 0.1) is 17.7 Å². The van der Waals surface area contributed by atoms with Gasteiger partial charge in [0, 0.05) is 17.3 Å². The Morgan fingerprint density at radius 3 is 2.61 bits per heavy atom. The lowest BCUT2D eigenvalue weighted by Gasteiger charge is -2.36. The van der Waals surface area contributed by atoms with Crippen LogP contribution in [0.4, 0.5) is 15.8 Å². The summed E-state index contributed by atoms with van der Waals surface area (Å²) in [6, 6.07) is 10.4. The largest absolute Gasteiger partial charge is 0.497 e. The van der Waals surface area contributed by atoms with Gasteiger partial charge in [0.2, 0.25) is 17.7 Å². The second-order valence-electron chi connectivity index (χ2n) is 8.53. The van der Waals surface area contributed by atoms with Crippen molar-refractivity contribution in [2.75, 3.05) is 23.9 Å². The summed E-state index contributed by atoms with van der Waals surface area (Å²) in [5, 5.41) is 2.94. The van der Waals surface area contributed by atoms with Crippen LogP contribution in [-0.2, 0) is 19.9 Å². The first-order chi connectivity index (χ1) is 15.0. The van der Waals surface area contributed by atoms with Gasteiger partial charge in [0.05, 0.1) is 24.6 Å². The van der Waals surface area contributed by atoms with E-state index in [0.717, 1.165) is 17.7 Å². The van der Waals surface area contributed by atoms with Crippen LogP contribution in [0.3, 0.4) is 0 Å². The SMILES string of the molecule is COc1ccc2c(c1)[C@@]1(C(=O)N2)[C@@H]2C(=O)N(c3ccc(F)cc3)C(=O)[C@@H]2[C@H]2CCCN21. The number of nitrogens with one attached hydrogen (secondary N) is 1. The Morgan fingerprint density at radius 1 is 1.10 bits per heavy atom. The molecule has 3 saturated heterocycles. The van der Waals surface area contributed by atoms with Crippen molar-refractivity contribution in [1.29, 1.82) is 0 Å². The van der Waals surface area contributed by atoms with E-state index in [0.29, 0.717) is 29.2 Å². The highest BCUT2D eigenvalue weighted by Gasteiger charge is 2.74. The lowest BCUT2D eigenvalue weighted by molar-refractivity contribution is -0.135. The number of carbonyl (C=O) groups excluding carboxylic acids is 3. The first-order valence-corrected chi connectivity index (χ1v) is 10.4. The third kappa shape index (κ3) is 2.13. The van der Waals surface area contributed by atoms with Gasteiger partial charge in [0.1, 0.15) is 17.1 Å². The van der Waals surface area contributed by atoms with E-state index in [1.807, 2.05) is 0 Å². The lowest BCUT2D eigenvalue weighted by atomic mass is 9.75. The second-order valence-corrected chi connectivity index (χ2v) is 8.53. The maximum Gasteiger partial charge on any atom is 0.250 e. The van der Waals surface area contributed by atoms with Crippen LogP contribution in [-0.4, -0.2) is 42.3 Å². The average Bonchev–Trinajstić information content (AvgIpc) is 3.47. The minimum absolute atomic E-state index is 0.199. The predicted octanol–water partition coefficient (Wildman–Crippen LogP) is 2.27. The maximum atomic E-state index is 13.8. The first kappa shape index (κ1) is 18.5. The molecular formula is C23H20FN3O4. The molecule has 4 atom stereocenters. The van der Waals surface area contributed by atoms with Gasteiger partial charge >= 0.3 is 0 Å². The highest BCUT2D eigenvalue weighted by molar-refractivity contribution is 6.25. The molecule has 4 heterocycles. The summed E-state index contributed by atoms with van der Waals surface area (Å²) < 4.78 is 18.8. The summed E-state index contributed by atoms with van der Waals surface area (Å²) in [5.41, 5.74) is 0.391. The number of ether oxygens (including phenoxy) is 1. The number of hydrogen-bond acceptors (Lipinski definition) is 5. The fourth-order valence-corrected chi connectivity index (χ4v) is 6.15. The van der Waals surface area contributed by atoms with Gasteiger partial charge in [0.25, 0.3) is 0 Å². The molecule has 3 fully saturated rings. The van der Waals surface area contributed by atoms with Crippen LogP contribution in [0.1, 0.15) is 18.4 Å². The molecule has 31 heavy (non-hydrogen) atoms. The molecule has 158 valence electrons. The lowest BCUT2D eigenvalue weighted by Crippen LogP contribution is -2.54. The van der Waals surface area contributed by atoms with Gasteiger partial charge in [-0.2, -0.15) is 0 Å². The number of halogens is 1.